The van der Waals surface area contributed by atoms with Crippen molar-refractivity contribution in [2.24, 2.45) is 0 Å². The summed E-state index contributed by atoms with van der Waals surface area (Å²) >= 11 is 1.38. The van der Waals surface area contributed by atoms with E-state index in [1.54, 1.807) is 24.1 Å². The van der Waals surface area contributed by atoms with Gasteiger partial charge in [0.15, 0.2) is 11.4 Å². The molecule has 3 aromatic rings. The van der Waals surface area contributed by atoms with Crippen LogP contribution in [0.1, 0.15) is 11.1 Å². The predicted molar refractivity (Wildman–Crippen MR) is 128 cm³/mol. The molecule has 33 heavy (non-hydrogen) atoms. The highest BCUT2D eigenvalue weighted by atomic mass is 32.2. The maximum absolute atomic E-state index is 13.5. The minimum Gasteiger partial charge on any atom is -0.497 e. The van der Waals surface area contributed by atoms with Gasteiger partial charge in [0.1, 0.15) is 5.75 Å². The van der Waals surface area contributed by atoms with Crippen LogP contribution in [-0.2, 0) is 23.8 Å². The van der Waals surface area contributed by atoms with Crippen molar-refractivity contribution in [1.82, 2.24) is 0 Å². The lowest BCUT2D eigenvalue weighted by Gasteiger charge is -2.37. The van der Waals surface area contributed by atoms with E-state index in [0.717, 1.165) is 11.1 Å². The van der Waals surface area contributed by atoms with Gasteiger partial charge in [0.05, 0.1) is 26.1 Å². The Bertz CT molecular complexity index is 1070. The van der Waals surface area contributed by atoms with Gasteiger partial charge in [-0.1, -0.05) is 60.7 Å². The number of carbonyl (C=O) groups is 2. The predicted octanol–water partition coefficient (Wildman–Crippen LogP) is 4.23. The van der Waals surface area contributed by atoms with E-state index in [1.165, 1.54) is 26.0 Å². The van der Waals surface area contributed by atoms with Gasteiger partial charge in [0, 0.05) is 5.69 Å². The summed E-state index contributed by atoms with van der Waals surface area (Å²) in [6, 6.07) is 25.9. The Morgan fingerprint density at radius 3 is 1.73 bits per heavy atom. The number of methoxy groups -OCH3 is 3. The lowest BCUT2D eigenvalue weighted by Crippen LogP contribution is -2.51. The lowest BCUT2D eigenvalue weighted by molar-refractivity contribution is -0.143. The van der Waals surface area contributed by atoms with Gasteiger partial charge in [0.2, 0.25) is 0 Å². The van der Waals surface area contributed by atoms with Crippen LogP contribution in [0.25, 0.3) is 0 Å². The topological polar surface area (TPSA) is 65.1 Å². The molecule has 1 aliphatic heterocycles. The van der Waals surface area contributed by atoms with Crippen LogP contribution >= 0.6 is 11.8 Å². The lowest BCUT2D eigenvalue weighted by atomic mass is 9.83. The van der Waals surface area contributed by atoms with E-state index in [4.69, 9.17) is 14.2 Å². The molecule has 0 aromatic heterocycles. The van der Waals surface area contributed by atoms with Gasteiger partial charge in [-0.15, -0.1) is 11.8 Å². The zero-order valence-corrected chi connectivity index (χ0v) is 19.5. The van der Waals surface area contributed by atoms with Gasteiger partial charge in [-0.25, -0.2) is 9.59 Å². The van der Waals surface area contributed by atoms with Crippen LogP contribution < -0.4 is 9.64 Å². The number of benzene rings is 3. The second-order valence-electron chi connectivity index (χ2n) is 7.49. The summed E-state index contributed by atoms with van der Waals surface area (Å²) in [4.78, 5) is 28.3. The summed E-state index contributed by atoms with van der Waals surface area (Å²) < 4.78 is 14.9. The molecule has 0 radical (unpaired) electrons. The molecule has 0 aliphatic carbocycles. The summed E-state index contributed by atoms with van der Waals surface area (Å²) in [5.74, 6) is -0.219. The molecule has 7 heteroatoms. The van der Waals surface area contributed by atoms with Crippen LogP contribution in [0.2, 0.25) is 0 Å². The number of anilines is 1. The van der Waals surface area contributed by atoms with Crippen molar-refractivity contribution in [2.75, 3.05) is 26.2 Å². The third-order valence-electron chi connectivity index (χ3n) is 5.82. The van der Waals surface area contributed by atoms with Crippen molar-refractivity contribution < 1.29 is 23.8 Å². The summed E-state index contributed by atoms with van der Waals surface area (Å²) in [6.07, 6.45) is 0. The fourth-order valence-electron chi connectivity index (χ4n) is 4.31. The standard InChI is InChI=1S/C26H25NO5S/c1-30-21-16-14-20(15-17-21)27-22(24(28)31-2)26(18-10-6-4-7-11-18,19-12-8-5-9-13-19)33-23(27)25(29)32-3/h4-17,22-23H,1-3H3/t22-,23+/m0/s1. The average Bonchev–Trinajstić information content (AvgIpc) is 3.26. The van der Waals surface area contributed by atoms with Gasteiger partial charge in [-0.2, -0.15) is 0 Å². The van der Waals surface area contributed by atoms with Crippen molar-refractivity contribution >= 4 is 29.4 Å². The summed E-state index contributed by atoms with van der Waals surface area (Å²) in [7, 11) is 4.31. The molecule has 0 N–H and O–H groups in total. The van der Waals surface area contributed by atoms with Crippen LogP contribution in [0.4, 0.5) is 5.69 Å². The SMILES string of the molecule is COC(=O)[C@H]1SC(c2ccccc2)(c2ccccc2)[C@H](C(=O)OC)N1c1ccc(OC)cc1. The van der Waals surface area contributed by atoms with Crippen LogP contribution in [-0.4, -0.2) is 44.7 Å². The molecular weight excluding hydrogens is 438 g/mol. The first-order chi connectivity index (χ1) is 16.1. The number of carbonyl (C=O) groups excluding carboxylic acids is 2. The molecule has 3 aromatic carbocycles. The van der Waals surface area contributed by atoms with E-state index in [0.29, 0.717) is 11.4 Å². The van der Waals surface area contributed by atoms with Crippen molar-refractivity contribution in [1.29, 1.82) is 0 Å². The van der Waals surface area contributed by atoms with Gasteiger partial charge < -0.3 is 19.1 Å². The van der Waals surface area contributed by atoms with Gasteiger partial charge in [-0.3, -0.25) is 0 Å². The fraction of sp³-hybridized carbons (Fsp3) is 0.231. The number of ether oxygens (including phenoxy) is 3. The number of nitrogens with zero attached hydrogens (tertiary/aromatic N) is 1. The molecule has 1 fully saturated rings. The minimum atomic E-state index is -0.922. The highest BCUT2D eigenvalue weighted by Gasteiger charge is 2.61. The Morgan fingerprint density at radius 1 is 0.758 bits per heavy atom. The molecule has 1 saturated heterocycles. The highest BCUT2D eigenvalue weighted by Crippen LogP contribution is 2.57. The Kier molecular flexibility index (Phi) is 6.60. The third-order valence-corrected chi connectivity index (χ3v) is 7.53. The zero-order valence-electron chi connectivity index (χ0n) is 18.6. The number of hydrogen-bond acceptors (Lipinski definition) is 7. The highest BCUT2D eigenvalue weighted by molar-refractivity contribution is 8.02. The van der Waals surface area contributed by atoms with Crippen LogP contribution in [0.3, 0.4) is 0 Å². The molecule has 0 spiro atoms. The third kappa shape index (κ3) is 3.93. The number of thioether (sulfide) groups is 1. The smallest absolute Gasteiger partial charge is 0.339 e. The van der Waals surface area contributed by atoms with E-state index < -0.39 is 28.1 Å². The molecular formula is C26H25NO5S. The zero-order chi connectivity index (χ0) is 23.4. The molecule has 0 unspecified atom stereocenters. The monoisotopic (exact) mass is 463 g/mol. The summed E-state index contributed by atoms with van der Waals surface area (Å²) in [5, 5.41) is -0.784. The maximum Gasteiger partial charge on any atom is 0.339 e. The molecule has 0 amide bonds. The van der Waals surface area contributed by atoms with Crippen molar-refractivity contribution in [3.8, 4) is 5.75 Å². The largest absolute Gasteiger partial charge is 0.497 e. The summed E-state index contributed by atoms with van der Waals surface area (Å²) in [6.45, 7) is 0. The van der Waals surface area contributed by atoms with Crippen molar-refractivity contribution in [3.05, 3.63) is 96.1 Å². The van der Waals surface area contributed by atoms with E-state index in [2.05, 4.69) is 0 Å². The molecule has 1 aliphatic rings. The first-order valence-electron chi connectivity index (χ1n) is 10.4. The second kappa shape index (κ2) is 9.58. The Balaban J connectivity index is 2.00. The molecule has 6 nitrogen and oxygen atoms in total. The molecule has 0 saturated carbocycles. The maximum atomic E-state index is 13.5. The number of rotatable bonds is 6. The molecule has 0 bridgehead atoms. The Labute approximate surface area is 197 Å². The Hall–Kier alpha value is -3.45. The van der Waals surface area contributed by atoms with Gasteiger partial charge in [-0.05, 0) is 35.4 Å². The second-order valence-corrected chi connectivity index (χ2v) is 8.82. The van der Waals surface area contributed by atoms with E-state index in [1.807, 2.05) is 72.8 Å². The normalized spacial score (nSPS) is 19.1. The first-order valence-corrected chi connectivity index (χ1v) is 11.3. The van der Waals surface area contributed by atoms with Gasteiger partial charge >= 0.3 is 11.9 Å². The fourth-order valence-corrected chi connectivity index (χ4v) is 6.10. The summed E-state index contributed by atoms with van der Waals surface area (Å²) in [5.41, 5.74) is 2.46. The number of esters is 2. The van der Waals surface area contributed by atoms with Crippen molar-refractivity contribution in [2.45, 2.75) is 16.2 Å². The Morgan fingerprint density at radius 2 is 1.27 bits per heavy atom. The molecule has 2 atom stereocenters. The van der Waals surface area contributed by atoms with E-state index in [-0.39, 0.29) is 0 Å². The van der Waals surface area contributed by atoms with E-state index >= 15 is 0 Å². The van der Waals surface area contributed by atoms with Gasteiger partial charge in [0.25, 0.3) is 0 Å². The number of hydrogen-bond donors (Lipinski definition) is 0. The average molecular weight is 464 g/mol. The molecule has 4 rings (SSSR count). The molecule has 170 valence electrons. The van der Waals surface area contributed by atoms with Crippen LogP contribution in [0, 0.1) is 0 Å². The first kappa shape index (κ1) is 22.7. The molecule has 1 heterocycles. The van der Waals surface area contributed by atoms with Crippen molar-refractivity contribution in [3.63, 3.8) is 0 Å². The van der Waals surface area contributed by atoms with E-state index in [9.17, 15) is 9.59 Å². The quantitative estimate of drug-likeness (QED) is 0.507. The van der Waals surface area contributed by atoms with Crippen LogP contribution in [0.15, 0.2) is 84.9 Å². The van der Waals surface area contributed by atoms with Crippen LogP contribution in [0.5, 0.6) is 5.75 Å². The minimum absolute atomic E-state index is 0.446.